The Kier molecular flexibility index (Phi) is 5.60. The Labute approximate surface area is 128 Å². The van der Waals surface area contributed by atoms with Crippen LogP contribution in [0.5, 0.6) is 0 Å². The van der Waals surface area contributed by atoms with Crippen LogP contribution in [0.25, 0.3) is 0 Å². The van der Waals surface area contributed by atoms with Gasteiger partial charge in [0.05, 0.1) is 13.2 Å². The Balaban J connectivity index is 2.10. The van der Waals surface area contributed by atoms with Crippen molar-refractivity contribution in [2.45, 2.75) is 19.5 Å². The number of carbonyl (C=O) groups is 1. The lowest BCUT2D eigenvalue weighted by atomic mass is 10.1. The molecule has 2 rings (SSSR count). The Morgan fingerprint density at radius 2 is 2.35 bits per heavy atom. The van der Waals surface area contributed by atoms with Gasteiger partial charge in [0, 0.05) is 25.2 Å². The van der Waals surface area contributed by atoms with Gasteiger partial charge in [-0.05, 0) is 13.0 Å². The third kappa shape index (κ3) is 3.82. The molecule has 1 aliphatic heterocycles. The summed E-state index contributed by atoms with van der Waals surface area (Å²) in [6, 6.07) is 3.24. The van der Waals surface area contributed by atoms with Gasteiger partial charge in [0.25, 0.3) is 0 Å². The summed E-state index contributed by atoms with van der Waals surface area (Å²) in [7, 11) is 0. The van der Waals surface area contributed by atoms with Crippen LogP contribution in [-0.4, -0.2) is 48.1 Å². The van der Waals surface area contributed by atoms with E-state index in [-0.39, 0.29) is 11.9 Å². The summed E-state index contributed by atoms with van der Waals surface area (Å²) in [5.74, 6) is -0.0229. The minimum atomic E-state index is -0.296. The van der Waals surface area contributed by atoms with E-state index in [1.54, 1.807) is 6.07 Å². The number of carbonyl (C=O) groups excluding carboxylic acids is 1. The number of likely N-dealkylation sites (N-methyl/N-ethyl adjacent to an activating group) is 1. The molecule has 5 nitrogen and oxygen atoms in total. The van der Waals surface area contributed by atoms with Crippen molar-refractivity contribution in [1.29, 1.82) is 0 Å². The highest BCUT2D eigenvalue weighted by Gasteiger charge is 2.29. The number of morpholine rings is 1. The van der Waals surface area contributed by atoms with E-state index in [9.17, 15) is 4.79 Å². The average molecular weight is 318 g/mol. The number of pyridine rings is 1. The topological polar surface area (TPSA) is 54.5 Å². The number of halogens is 2. The molecule has 1 aromatic rings. The van der Waals surface area contributed by atoms with Gasteiger partial charge in [0.2, 0.25) is 5.91 Å². The monoisotopic (exact) mass is 317 g/mol. The van der Waals surface area contributed by atoms with Gasteiger partial charge in [-0.25, -0.2) is 4.98 Å². The Bertz CT molecular complexity index is 485. The van der Waals surface area contributed by atoms with Crippen molar-refractivity contribution < 1.29 is 9.53 Å². The molecule has 7 heteroatoms. The van der Waals surface area contributed by atoms with Gasteiger partial charge in [-0.1, -0.05) is 29.3 Å². The van der Waals surface area contributed by atoms with Gasteiger partial charge >= 0.3 is 0 Å². The van der Waals surface area contributed by atoms with Crippen molar-refractivity contribution >= 4 is 29.1 Å². The van der Waals surface area contributed by atoms with E-state index in [1.165, 1.54) is 0 Å². The first-order valence-electron chi connectivity index (χ1n) is 6.52. The van der Waals surface area contributed by atoms with Gasteiger partial charge in [-0.15, -0.1) is 0 Å². The number of rotatable bonds is 4. The number of aromatic nitrogens is 1. The number of nitrogens with one attached hydrogen (secondary N) is 1. The molecular formula is C13H17Cl2N3O2. The summed E-state index contributed by atoms with van der Waals surface area (Å²) in [5, 5.41) is 3.56. The van der Waals surface area contributed by atoms with E-state index in [1.807, 2.05) is 17.9 Å². The minimum Gasteiger partial charge on any atom is -0.378 e. The van der Waals surface area contributed by atoms with Crippen LogP contribution in [0.2, 0.25) is 10.3 Å². The highest BCUT2D eigenvalue weighted by molar-refractivity contribution is 6.32. The lowest BCUT2D eigenvalue weighted by Gasteiger charge is -2.34. The lowest BCUT2D eigenvalue weighted by Crippen LogP contribution is -2.53. The molecule has 1 aliphatic rings. The van der Waals surface area contributed by atoms with Crippen LogP contribution < -0.4 is 5.32 Å². The van der Waals surface area contributed by atoms with Crippen LogP contribution in [0.15, 0.2) is 12.1 Å². The second-order valence-electron chi connectivity index (χ2n) is 4.54. The highest BCUT2D eigenvalue weighted by Crippen LogP contribution is 2.20. The Morgan fingerprint density at radius 3 is 3.05 bits per heavy atom. The van der Waals surface area contributed by atoms with Gasteiger partial charge in [-0.3, -0.25) is 9.69 Å². The Hall–Kier alpha value is -0.880. The summed E-state index contributed by atoms with van der Waals surface area (Å²) >= 11 is 11.9. The number of hydrogen-bond donors (Lipinski definition) is 1. The zero-order chi connectivity index (χ0) is 14.5. The van der Waals surface area contributed by atoms with Gasteiger partial charge in [0.1, 0.15) is 16.3 Å². The molecule has 20 heavy (non-hydrogen) atoms. The molecular weight excluding hydrogens is 301 g/mol. The van der Waals surface area contributed by atoms with Gasteiger partial charge < -0.3 is 10.1 Å². The van der Waals surface area contributed by atoms with Gasteiger partial charge in [-0.2, -0.15) is 0 Å². The van der Waals surface area contributed by atoms with E-state index < -0.39 is 0 Å². The lowest BCUT2D eigenvalue weighted by molar-refractivity contribution is -0.132. The zero-order valence-electron chi connectivity index (χ0n) is 11.2. The first kappa shape index (κ1) is 15.5. The summed E-state index contributed by atoms with van der Waals surface area (Å²) in [5.41, 5.74) is 0.854. The molecule has 0 saturated carbocycles. The predicted octanol–water partition coefficient (Wildman–Crippen LogP) is 1.73. The molecule has 110 valence electrons. The maximum atomic E-state index is 12.0. The smallest absolute Gasteiger partial charge is 0.239 e. The fraction of sp³-hybridized carbons (Fsp3) is 0.538. The summed E-state index contributed by atoms with van der Waals surface area (Å²) in [6.45, 7) is 4.73. The third-order valence-corrected chi connectivity index (χ3v) is 3.70. The number of amides is 1. The van der Waals surface area contributed by atoms with E-state index >= 15 is 0 Å². The summed E-state index contributed by atoms with van der Waals surface area (Å²) in [6.07, 6.45) is 0. The van der Waals surface area contributed by atoms with Crippen LogP contribution in [0.4, 0.5) is 0 Å². The van der Waals surface area contributed by atoms with Crippen LogP contribution >= 0.6 is 23.2 Å². The predicted molar refractivity (Wildman–Crippen MR) is 78.0 cm³/mol. The van der Waals surface area contributed by atoms with Crippen molar-refractivity contribution in [3.63, 3.8) is 0 Å². The normalized spacial score (nSPS) is 19.9. The van der Waals surface area contributed by atoms with Crippen LogP contribution in [-0.2, 0) is 16.1 Å². The van der Waals surface area contributed by atoms with Crippen LogP contribution in [0, 0.1) is 0 Å². The van der Waals surface area contributed by atoms with Crippen molar-refractivity contribution in [2.75, 3.05) is 26.3 Å². The van der Waals surface area contributed by atoms with E-state index in [4.69, 9.17) is 27.9 Å². The molecule has 0 spiro atoms. The zero-order valence-corrected chi connectivity index (χ0v) is 12.7. The largest absolute Gasteiger partial charge is 0.378 e. The van der Waals surface area contributed by atoms with E-state index in [0.717, 1.165) is 5.56 Å². The standard InChI is InChI=1S/C13H17Cl2N3O2/c1-2-16-13(19)10-8-20-6-5-18(10)7-9-3-4-11(14)17-12(9)15/h3-4,10H,2,5-8H2,1H3,(H,16,19). The second-order valence-corrected chi connectivity index (χ2v) is 5.28. The summed E-state index contributed by atoms with van der Waals surface area (Å²) < 4.78 is 5.39. The maximum absolute atomic E-state index is 12.0. The number of ether oxygens (including phenoxy) is 1. The molecule has 1 atom stereocenters. The van der Waals surface area contributed by atoms with Crippen LogP contribution in [0.3, 0.4) is 0 Å². The maximum Gasteiger partial charge on any atom is 0.239 e. The molecule has 1 fully saturated rings. The molecule has 1 N–H and O–H groups in total. The third-order valence-electron chi connectivity index (χ3n) is 3.16. The fourth-order valence-electron chi connectivity index (χ4n) is 2.14. The molecule has 0 radical (unpaired) electrons. The molecule has 2 heterocycles. The molecule has 1 amide bonds. The van der Waals surface area contributed by atoms with Crippen molar-refractivity contribution in [2.24, 2.45) is 0 Å². The molecule has 1 unspecified atom stereocenters. The highest BCUT2D eigenvalue weighted by atomic mass is 35.5. The molecule has 1 saturated heterocycles. The quantitative estimate of drug-likeness (QED) is 0.859. The fourth-order valence-corrected chi connectivity index (χ4v) is 2.54. The van der Waals surface area contributed by atoms with E-state index in [2.05, 4.69) is 10.3 Å². The first-order valence-corrected chi connectivity index (χ1v) is 7.28. The first-order chi connectivity index (χ1) is 9.61. The second kappa shape index (κ2) is 7.22. The van der Waals surface area contributed by atoms with E-state index in [0.29, 0.717) is 43.2 Å². The van der Waals surface area contributed by atoms with Crippen molar-refractivity contribution in [3.8, 4) is 0 Å². The molecule has 0 aliphatic carbocycles. The minimum absolute atomic E-state index is 0.0229. The number of nitrogens with zero attached hydrogens (tertiary/aromatic N) is 2. The summed E-state index contributed by atoms with van der Waals surface area (Å²) in [4.78, 5) is 18.1. The SMILES string of the molecule is CCNC(=O)C1COCCN1Cc1ccc(Cl)nc1Cl. The number of hydrogen-bond acceptors (Lipinski definition) is 4. The Morgan fingerprint density at radius 1 is 1.55 bits per heavy atom. The molecule has 0 aromatic carbocycles. The average Bonchev–Trinajstić information content (AvgIpc) is 2.43. The van der Waals surface area contributed by atoms with Gasteiger partial charge in [0.15, 0.2) is 0 Å². The molecule has 1 aromatic heterocycles. The van der Waals surface area contributed by atoms with Crippen LogP contribution in [0.1, 0.15) is 12.5 Å². The van der Waals surface area contributed by atoms with Crippen molar-refractivity contribution in [1.82, 2.24) is 15.2 Å². The van der Waals surface area contributed by atoms with Crippen molar-refractivity contribution in [3.05, 3.63) is 28.0 Å². The molecule has 0 bridgehead atoms.